The Morgan fingerprint density at radius 3 is 2.41 bits per heavy atom. The van der Waals surface area contributed by atoms with E-state index in [1.807, 2.05) is 13.8 Å². The summed E-state index contributed by atoms with van der Waals surface area (Å²) >= 11 is 0. The molecule has 0 atom stereocenters. The van der Waals surface area contributed by atoms with Crippen LogP contribution in [0.1, 0.15) is 46.5 Å². The molecule has 17 heavy (non-hydrogen) atoms. The lowest BCUT2D eigenvalue weighted by Gasteiger charge is -2.27. The molecule has 0 aromatic heterocycles. The predicted molar refractivity (Wildman–Crippen MR) is 72.0 cm³/mol. The van der Waals surface area contributed by atoms with E-state index in [-0.39, 0.29) is 5.92 Å². The second-order valence-electron chi connectivity index (χ2n) is 5.38. The predicted octanol–water partition coefficient (Wildman–Crippen LogP) is 2.37. The van der Waals surface area contributed by atoms with Crippen LogP contribution in [0.2, 0.25) is 0 Å². The van der Waals surface area contributed by atoms with Crippen LogP contribution in [0.5, 0.6) is 0 Å². The van der Waals surface area contributed by atoms with Gasteiger partial charge in [0.1, 0.15) is 0 Å². The third kappa shape index (κ3) is 5.07. The van der Waals surface area contributed by atoms with Gasteiger partial charge in [-0.05, 0) is 32.4 Å². The molecule has 0 aromatic carbocycles. The van der Waals surface area contributed by atoms with E-state index in [4.69, 9.17) is 0 Å². The molecule has 0 N–H and O–H groups in total. The van der Waals surface area contributed by atoms with Gasteiger partial charge in [0.05, 0.1) is 0 Å². The fraction of sp³-hybridized carbons (Fsp3) is 0.929. The van der Waals surface area contributed by atoms with Crippen molar-refractivity contribution in [3.05, 3.63) is 0 Å². The maximum Gasteiger partial charge on any atom is 0.225 e. The third-order valence-corrected chi connectivity index (χ3v) is 3.47. The normalized spacial score (nSPS) is 16.7. The first-order valence-electron chi connectivity index (χ1n) is 7.16. The van der Waals surface area contributed by atoms with Crippen molar-refractivity contribution in [1.82, 2.24) is 9.80 Å². The van der Waals surface area contributed by atoms with Crippen LogP contribution in [-0.4, -0.2) is 48.4 Å². The van der Waals surface area contributed by atoms with Crippen molar-refractivity contribution in [1.29, 1.82) is 0 Å². The van der Waals surface area contributed by atoms with E-state index in [1.165, 1.54) is 25.9 Å². The summed E-state index contributed by atoms with van der Waals surface area (Å²) < 4.78 is 0. The molecule has 0 saturated carbocycles. The number of likely N-dealkylation sites (tertiary alicyclic amines) is 1. The van der Waals surface area contributed by atoms with Crippen LogP contribution >= 0.6 is 0 Å². The Kier molecular flexibility index (Phi) is 6.56. The zero-order chi connectivity index (χ0) is 12.7. The molecular weight excluding hydrogens is 212 g/mol. The lowest BCUT2D eigenvalue weighted by Crippen LogP contribution is -2.40. The molecule has 1 aliphatic rings. The third-order valence-electron chi connectivity index (χ3n) is 3.47. The topological polar surface area (TPSA) is 23.6 Å². The van der Waals surface area contributed by atoms with Crippen molar-refractivity contribution >= 4 is 5.91 Å². The summed E-state index contributed by atoms with van der Waals surface area (Å²) in [5, 5.41) is 0. The number of amides is 1. The second kappa shape index (κ2) is 7.70. The van der Waals surface area contributed by atoms with Crippen LogP contribution in [-0.2, 0) is 4.79 Å². The molecule has 0 radical (unpaired) electrons. The molecule has 1 aliphatic heterocycles. The smallest absolute Gasteiger partial charge is 0.225 e. The highest BCUT2D eigenvalue weighted by Gasteiger charge is 2.18. The SMILES string of the molecule is CCCCN(CCN1CCCC1)C(=O)C(C)C. The van der Waals surface area contributed by atoms with Gasteiger partial charge in [-0.1, -0.05) is 27.2 Å². The van der Waals surface area contributed by atoms with Gasteiger partial charge in [0.25, 0.3) is 0 Å². The van der Waals surface area contributed by atoms with Crippen LogP contribution in [0.3, 0.4) is 0 Å². The average molecular weight is 240 g/mol. The molecule has 1 heterocycles. The van der Waals surface area contributed by atoms with Gasteiger partial charge in [0, 0.05) is 25.6 Å². The lowest BCUT2D eigenvalue weighted by molar-refractivity contribution is -0.134. The Morgan fingerprint density at radius 2 is 1.88 bits per heavy atom. The summed E-state index contributed by atoms with van der Waals surface area (Å²) in [6.07, 6.45) is 4.93. The number of carbonyl (C=O) groups excluding carboxylic acids is 1. The summed E-state index contributed by atoms with van der Waals surface area (Å²) in [6, 6.07) is 0. The monoisotopic (exact) mass is 240 g/mol. The number of nitrogens with zero attached hydrogens (tertiary/aromatic N) is 2. The molecule has 1 rings (SSSR count). The maximum absolute atomic E-state index is 12.1. The van der Waals surface area contributed by atoms with Crippen LogP contribution in [0.4, 0.5) is 0 Å². The van der Waals surface area contributed by atoms with Crippen molar-refractivity contribution in [3.63, 3.8) is 0 Å². The van der Waals surface area contributed by atoms with E-state index >= 15 is 0 Å². The second-order valence-corrected chi connectivity index (χ2v) is 5.38. The number of hydrogen-bond donors (Lipinski definition) is 0. The minimum atomic E-state index is 0.130. The summed E-state index contributed by atoms with van der Waals surface area (Å²) in [4.78, 5) is 16.6. The van der Waals surface area contributed by atoms with E-state index in [0.717, 1.165) is 32.5 Å². The van der Waals surface area contributed by atoms with Crippen LogP contribution in [0, 0.1) is 5.92 Å². The number of hydrogen-bond acceptors (Lipinski definition) is 2. The first-order valence-corrected chi connectivity index (χ1v) is 7.16. The molecule has 3 nitrogen and oxygen atoms in total. The zero-order valence-electron chi connectivity index (χ0n) is 11.7. The quantitative estimate of drug-likeness (QED) is 0.682. The summed E-state index contributed by atoms with van der Waals surface area (Å²) in [6.45, 7) is 11.5. The Labute approximate surface area is 106 Å². The number of carbonyl (C=O) groups is 1. The van der Waals surface area contributed by atoms with Crippen molar-refractivity contribution in [2.45, 2.75) is 46.5 Å². The van der Waals surface area contributed by atoms with Gasteiger partial charge in [0.15, 0.2) is 0 Å². The van der Waals surface area contributed by atoms with Gasteiger partial charge in [-0.25, -0.2) is 0 Å². The molecule has 1 fully saturated rings. The largest absolute Gasteiger partial charge is 0.341 e. The summed E-state index contributed by atoms with van der Waals surface area (Å²) in [5.74, 6) is 0.447. The fourth-order valence-electron chi connectivity index (χ4n) is 2.31. The van der Waals surface area contributed by atoms with Crippen molar-refractivity contribution in [3.8, 4) is 0 Å². The van der Waals surface area contributed by atoms with Gasteiger partial charge < -0.3 is 9.80 Å². The molecule has 1 saturated heterocycles. The van der Waals surface area contributed by atoms with E-state index < -0.39 is 0 Å². The van der Waals surface area contributed by atoms with Gasteiger partial charge in [0.2, 0.25) is 5.91 Å². The van der Waals surface area contributed by atoms with Crippen LogP contribution in [0.15, 0.2) is 0 Å². The standard InChI is InChI=1S/C14H28N2O/c1-4-5-10-16(14(17)13(2)3)12-11-15-8-6-7-9-15/h13H,4-12H2,1-3H3. The number of unbranched alkanes of at least 4 members (excludes halogenated alkanes) is 1. The van der Waals surface area contributed by atoms with Crippen molar-refractivity contribution in [2.24, 2.45) is 5.92 Å². The van der Waals surface area contributed by atoms with E-state index in [0.29, 0.717) is 5.91 Å². The molecule has 0 unspecified atom stereocenters. The molecular formula is C14H28N2O. The van der Waals surface area contributed by atoms with E-state index in [9.17, 15) is 4.79 Å². The molecule has 0 bridgehead atoms. The lowest BCUT2D eigenvalue weighted by atomic mass is 10.1. The Balaban J connectivity index is 2.35. The van der Waals surface area contributed by atoms with Gasteiger partial charge in [-0.15, -0.1) is 0 Å². The molecule has 100 valence electrons. The summed E-state index contributed by atoms with van der Waals surface area (Å²) in [7, 11) is 0. The highest BCUT2D eigenvalue weighted by Crippen LogP contribution is 2.09. The first-order chi connectivity index (χ1) is 8.15. The average Bonchev–Trinajstić information content (AvgIpc) is 2.81. The molecule has 3 heteroatoms. The van der Waals surface area contributed by atoms with Crippen molar-refractivity contribution < 1.29 is 4.79 Å². The van der Waals surface area contributed by atoms with Gasteiger partial charge >= 0.3 is 0 Å². The van der Waals surface area contributed by atoms with Crippen molar-refractivity contribution in [2.75, 3.05) is 32.7 Å². The Morgan fingerprint density at radius 1 is 1.24 bits per heavy atom. The molecule has 0 spiro atoms. The van der Waals surface area contributed by atoms with Crippen LogP contribution < -0.4 is 0 Å². The molecule has 0 aromatic rings. The Bertz CT molecular complexity index is 222. The van der Waals surface area contributed by atoms with E-state index in [1.54, 1.807) is 0 Å². The highest BCUT2D eigenvalue weighted by molar-refractivity contribution is 5.78. The molecule has 0 aliphatic carbocycles. The van der Waals surface area contributed by atoms with Crippen LogP contribution in [0.25, 0.3) is 0 Å². The fourth-order valence-corrected chi connectivity index (χ4v) is 2.31. The minimum absolute atomic E-state index is 0.130. The molecule has 1 amide bonds. The van der Waals surface area contributed by atoms with Gasteiger partial charge in [-0.3, -0.25) is 4.79 Å². The van der Waals surface area contributed by atoms with E-state index in [2.05, 4.69) is 16.7 Å². The number of rotatable bonds is 7. The summed E-state index contributed by atoms with van der Waals surface area (Å²) in [5.41, 5.74) is 0. The zero-order valence-corrected chi connectivity index (χ0v) is 11.7. The first kappa shape index (κ1) is 14.5. The van der Waals surface area contributed by atoms with Gasteiger partial charge in [-0.2, -0.15) is 0 Å². The highest BCUT2D eigenvalue weighted by atomic mass is 16.2. The maximum atomic E-state index is 12.1. The minimum Gasteiger partial charge on any atom is -0.341 e. The Hall–Kier alpha value is -0.570.